The smallest absolute Gasteiger partial charge is 0.253 e. The number of nitrogens with zero attached hydrogens (tertiary/aromatic N) is 1. The lowest BCUT2D eigenvalue weighted by molar-refractivity contribution is -0.137. The number of ether oxygens (including phenoxy) is 1. The summed E-state index contributed by atoms with van der Waals surface area (Å²) in [6.07, 6.45) is 3.77. The zero-order valence-corrected chi connectivity index (χ0v) is 9.27. The minimum atomic E-state index is -0.338. The summed E-state index contributed by atoms with van der Waals surface area (Å²) in [6.45, 7) is 0.728. The molecule has 0 aromatic heterocycles. The van der Waals surface area contributed by atoms with Crippen LogP contribution >= 0.6 is 0 Å². The molecule has 0 bridgehead atoms. The molecule has 5 heteroatoms. The van der Waals surface area contributed by atoms with Gasteiger partial charge in [0.1, 0.15) is 5.78 Å². The summed E-state index contributed by atoms with van der Waals surface area (Å²) in [4.78, 5) is 34.7. The van der Waals surface area contributed by atoms with Crippen LogP contribution in [0.3, 0.4) is 0 Å². The zero-order chi connectivity index (χ0) is 12.0. The van der Waals surface area contributed by atoms with Crippen LogP contribution in [0.25, 0.3) is 0 Å². The van der Waals surface area contributed by atoms with Gasteiger partial charge in [-0.3, -0.25) is 19.3 Å². The van der Waals surface area contributed by atoms with Crippen molar-refractivity contribution in [2.75, 3.05) is 20.3 Å². The van der Waals surface area contributed by atoms with Gasteiger partial charge in [0.05, 0.1) is 0 Å². The van der Waals surface area contributed by atoms with Crippen molar-refractivity contribution in [1.82, 2.24) is 4.90 Å². The van der Waals surface area contributed by atoms with Gasteiger partial charge in [-0.1, -0.05) is 0 Å². The van der Waals surface area contributed by atoms with Gasteiger partial charge in [-0.15, -0.1) is 0 Å². The molecule has 0 aliphatic carbocycles. The first-order valence-electron chi connectivity index (χ1n) is 5.19. The molecular formula is C11H15NO4. The molecule has 0 radical (unpaired) electrons. The van der Waals surface area contributed by atoms with Crippen molar-refractivity contribution in [1.29, 1.82) is 0 Å². The molecule has 0 fully saturated rings. The summed E-state index contributed by atoms with van der Waals surface area (Å²) < 4.78 is 4.82. The van der Waals surface area contributed by atoms with Gasteiger partial charge in [0.25, 0.3) is 11.8 Å². The summed E-state index contributed by atoms with van der Waals surface area (Å²) in [5, 5.41) is 0. The molecule has 5 nitrogen and oxygen atoms in total. The first-order valence-corrected chi connectivity index (χ1v) is 5.19. The summed E-state index contributed by atoms with van der Waals surface area (Å²) >= 11 is 0. The third-order valence-electron chi connectivity index (χ3n) is 2.32. The lowest BCUT2D eigenvalue weighted by Crippen LogP contribution is -2.32. The molecular weight excluding hydrogens is 210 g/mol. The van der Waals surface area contributed by atoms with Crippen LogP contribution in [0, 0.1) is 0 Å². The van der Waals surface area contributed by atoms with E-state index in [-0.39, 0.29) is 30.6 Å². The van der Waals surface area contributed by atoms with E-state index in [9.17, 15) is 14.4 Å². The van der Waals surface area contributed by atoms with E-state index in [1.54, 1.807) is 7.11 Å². The van der Waals surface area contributed by atoms with Gasteiger partial charge in [0, 0.05) is 45.3 Å². The second kappa shape index (κ2) is 6.17. The Hall–Kier alpha value is -1.49. The molecule has 0 aromatic rings. The highest BCUT2D eigenvalue weighted by Gasteiger charge is 2.23. The van der Waals surface area contributed by atoms with Crippen LogP contribution in [0.5, 0.6) is 0 Å². The maximum atomic E-state index is 11.4. The van der Waals surface area contributed by atoms with Crippen LogP contribution in [-0.4, -0.2) is 42.8 Å². The van der Waals surface area contributed by atoms with Gasteiger partial charge in [-0.25, -0.2) is 0 Å². The Bertz CT molecular complexity index is 304. The number of amides is 2. The normalized spacial score (nSPS) is 14.9. The SMILES string of the molecule is COCCCC(=O)CCN1C(=O)C=CC1=O. The predicted octanol–water partition coefficient (Wildman–Crippen LogP) is 0.297. The quantitative estimate of drug-likeness (QED) is 0.461. The van der Waals surface area contributed by atoms with Crippen LogP contribution in [0.1, 0.15) is 19.3 Å². The molecule has 0 N–H and O–H groups in total. The fraction of sp³-hybridized carbons (Fsp3) is 0.545. The number of imide groups is 1. The molecule has 1 aliphatic rings. The van der Waals surface area contributed by atoms with Gasteiger partial charge in [0.15, 0.2) is 0 Å². The number of ketones is 1. The molecule has 1 aliphatic heterocycles. The predicted molar refractivity (Wildman–Crippen MR) is 56.6 cm³/mol. The van der Waals surface area contributed by atoms with Crippen molar-refractivity contribution in [3.05, 3.63) is 12.2 Å². The Morgan fingerprint density at radius 1 is 1.25 bits per heavy atom. The first-order chi connectivity index (χ1) is 7.65. The van der Waals surface area contributed by atoms with E-state index >= 15 is 0 Å². The van der Waals surface area contributed by atoms with Crippen LogP contribution in [0.4, 0.5) is 0 Å². The maximum Gasteiger partial charge on any atom is 0.253 e. The standard InChI is InChI=1S/C11H15NO4/c1-16-8-2-3-9(13)6-7-12-10(14)4-5-11(12)15/h4-5H,2-3,6-8H2,1H3. The minimum Gasteiger partial charge on any atom is -0.385 e. The van der Waals surface area contributed by atoms with E-state index in [0.717, 1.165) is 4.90 Å². The summed E-state index contributed by atoms with van der Waals surface area (Å²) in [6, 6.07) is 0. The fourth-order valence-corrected chi connectivity index (χ4v) is 1.43. The molecule has 2 amide bonds. The average molecular weight is 225 g/mol. The van der Waals surface area contributed by atoms with Crippen molar-refractivity contribution >= 4 is 17.6 Å². The van der Waals surface area contributed by atoms with Gasteiger partial charge >= 0.3 is 0 Å². The summed E-state index contributed by atoms with van der Waals surface area (Å²) in [5.41, 5.74) is 0. The van der Waals surface area contributed by atoms with Crippen LogP contribution < -0.4 is 0 Å². The van der Waals surface area contributed by atoms with Gasteiger partial charge in [-0.2, -0.15) is 0 Å². The van der Waals surface area contributed by atoms with E-state index in [0.29, 0.717) is 19.4 Å². The Labute approximate surface area is 94.1 Å². The fourth-order valence-electron chi connectivity index (χ4n) is 1.43. The van der Waals surface area contributed by atoms with E-state index < -0.39 is 0 Å². The van der Waals surface area contributed by atoms with Crippen molar-refractivity contribution in [2.45, 2.75) is 19.3 Å². The molecule has 0 saturated heterocycles. The Morgan fingerprint density at radius 3 is 2.44 bits per heavy atom. The maximum absolute atomic E-state index is 11.4. The Kier molecular flexibility index (Phi) is 4.85. The van der Waals surface area contributed by atoms with Crippen molar-refractivity contribution < 1.29 is 19.1 Å². The van der Waals surface area contributed by atoms with Crippen LogP contribution in [0.15, 0.2) is 12.2 Å². The first kappa shape index (κ1) is 12.6. The third-order valence-corrected chi connectivity index (χ3v) is 2.32. The zero-order valence-electron chi connectivity index (χ0n) is 9.27. The second-order valence-electron chi connectivity index (χ2n) is 3.55. The lowest BCUT2D eigenvalue weighted by atomic mass is 10.1. The number of hydrogen-bond acceptors (Lipinski definition) is 4. The topological polar surface area (TPSA) is 63.7 Å². The molecule has 0 atom stereocenters. The largest absolute Gasteiger partial charge is 0.385 e. The number of carbonyl (C=O) groups is 3. The molecule has 0 unspecified atom stereocenters. The van der Waals surface area contributed by atoms with E-state index in [4.69, 9.17) is 4.74 Å². The highest BCUT2D eigenvalue weighted by molar-refractivity contribution is 6.13. The van der Waals surface area contributed by atoms with Crippen molar-refractivity contribution in [2.24, 2.45) is 0 Å². The highest BCUT2D eigenvalue weighted by Crippen LogP contribution is 2.05. The summed E-state index contributed by atoms with van der Waals surface area (Å²) in [7, 11) is 1.58. The molecule has 0 saturated carbocycles. The number of carbonyl (C=O) groups excluding carboxylic acids is 3. The molecule has 0 spiro atoms. The van der Waals surface area contributed by atoms with Gasteiger partial charge < -0.3 is 4.74 Å². The van der Waals surface area contributed by atoms with Gasteiger partial charge in [0.2, 0.25) is 0 Å². The molecule has 1 rings (SSSR count). The minimum absolute atomic E-state index is 0.0459. The number of rotatable bonds is 7. The Balaban J connectivity index is 2.22. The van der Waals surface area contributed by atoms with Gasteiger partial charge in [-0.05, 0) is 6.42 Å². The molecule has 16 heavy (non-hydrogen) atoms. The number of hydrogen-bond donors (Lipinski definition) is 0. The third kappa shape index (κ3) is 3.58. The highest BCUT2D eigenvalue weighted by atomic mass is 16.5. The van der Waals surface area contributed by atoms with E-state index in [1.165, 1.54) is 12.2 Å². The monoisotopic (exact) mass is 225 g/mol. The Morgan fingerprint density at radius 2 is 1.88 bits per heavy atom. The number of methoxy groups -OCH3 is 1. The van der Waals surface area contributed by atoms with Crippen molar-refractivity contribution in [3.8, 4) is 0 Å². The second-order valence-corrected chi connectivity index (χ2v) is 3.55. The van der Waals surface area contributed by atoms with E-state index in [1.807, 2.05) is 0 Å². The molecule has 88 valence electrons. The lowest BCUT2D eigenvalue weighted by Gasteiger charge is -2.12. The van der Waals surface area contributed by atoms with E-state index in [2.05, 4.69) is 0 Å². The van der Waals surface area contributed by atoms with Crippen molar-refractivity contribution in [3.63, 3.8) is 0 Å². The van der Waals surface area contributed by atoms with Crippen LogP contribution in [0.2, 0.25) is 0 Å². The number of Topliss-reactive ketones (excluding diaryl/α,β-unsaturated/α-hetero) is 1. The summed E-state index contributed by atoms with van der Waals surface area (Å²) in [5.74, 6) is -0.631. The average Bonchev–Trinajstić information content (AvgIpc) is 2.57. The molecule has 0 aromatic carbocycles. The molecule has 1 heterocycles. The van der Waals surface area contributed by atoms with Crippen LogP contribution in [-0.2, 0) is 19.1 Å².